The number of nitrogens with one attached hydrogen (secondary N) is 1. The Labute approximate surface area is 217 Å². The highest BCUT2D eigenvalue weighted by atomic mass is 16.5. The van der Waals surface area contributed by atoms with Crippen LogP contribution in [0.15, 0.2) is 76.7 Å². The second-order valence-electron chi connectivity index (χ2n) is 8.59. The lowest BCUT2D eigenvalue weighted by Crippen LogP contribution is -2.50. The number of piperazine rings is 1. The smallest absolute Gasteiger partial charge is 0.333 e. The van der Waals surface area contributed by atoms with Gasteiger partial charge in [-0.25, -0.2) is 19.3 Å². The molecule has 0 unspecified atom stereocenters. The summed E-state index contributed by atoms with van der Waals surface area (Å²) in [6.07, 6.45) is 2.70. The molecule has 0 bridgehead atoms. The van der Waals surface area contributed by atoms with Gasteiger partial charge in [-0.05, 0) is 36.4 Å². The van der Waals surface area contributed by atoms with Crippen LogP contribution in [-0.2, 0) is 0 Å². The Morgan fingerprint density at radius 3 is 2.37 bits per heavy atom. The van der Waals surface area contributed by atoms with Crippen molar-refractivity contribution in [3.8, 4) is 28.4 Å². The predicted octanol–water partition coefficient (Wildman–Crippen LogP) is 1.96. The zero-order valence-corrected chi connectivity index (χ0v) is 21.0. The average molecular weight is 515 g/mol. The summed E-state index contributed by atoms with van der Waals surface area (Å²) in [5, 5.41) is 0. The number of para-hydroxylation sites is 2. The van der Waals surface area contributed by atoms with Gasteiger partial charge in [-0.2, -0.15) is 0 Å². The number of hydrogen-bond acceptors (Lipinski definition) is 8. The lowest BCUT2D eigenvalue weighted by Gasteiger charge is -2.35. The number of methoxy groups -OCH3 is 2. The summed E-state index contributed by atoms with van der Waals surface area (Å²) in [4.78, 5) is 54.1. The van der Waals surface area contributed by atoms with Crippen LogP contribution in [-0.4, -0.2) is 70.7 Å². The summed E-state index contributed by atoms with van der Waals surface area (Å²) in [6, 6.07) is 16.2. The van der Waals surface area contributed by atoms with E-state index in [0.29, 0.717) is 31.9 Å². The molecule has 2 aromatic carbocycles. The Morgan fingerprint density at radius 2 is 1.66 bits per heavy atom. The summed E-state index contributed by atoms with van der Waals surface area (Å²) >= 11 is 0. The van der Waals surface area contributed by atoms with Gasteiger partial charge in [0, 0.05) is 44.0 Å². The van der Waals surface area contributed by atoms with E-state index in [1.165, 1.54) is 19.6 Å². The van der Waals surface area contributed by atoms with Crippen LogP contribution >= 0.6 is 0 Å². The number of hydrogen-bond donors (Lipinski definition) is 1. The highest BCUT2D eigenvalue weighted by molar-refractivity contribution is 5.93. The number of amides is 1. The molecular weight excluding hydrogens is 488 g/mol. The van der Waals surface area contributed by atoms with Crippen molar-refractivity contribution in [3.05, 3.63) is 93.5 Å². The van der Waals surface area contributed by atoms with E-state index < -0.39 is 17.2 Å². The van der Waals surface area contributed by atoms with Gasteiger partial charge >= 0.3 is 5.69 Å². The second kappa shape index (κ2) is 10.6. The van der Waals surface area contributed by atoms with Crippen molar-refractivity contribution >= 4 is 11.7 Å². The lowest BCUT2D eigenvalue weighted by atomic mass is 10.1. The molecule has 5 rings (SSSR count). The molecule has 2 aromatic heterocycles. The predicted molar refractivity (Wildman–Crippen MR) is 141 cm³/mol. The Bertz CT molecular complexity index is 1570. The van der Waals surface area contributed by atoms with Crippen molar-refractivity contribution in [1.29, 1.82) is 0 Å². The molecule has 1 saturated heterocycles. The molecule has 0 radical (unpaired) electrons. The number of carbonyl (C=O) groups is 1. The Hall–Kier alpha value is -4.93. The molecule has 1 amide bonds. The number of ether oxygens (including phenoxy) is 2. The molecule has 1 aliphatic heterocycles. The zero-order valence-electron chi connectivity index (χ0n) is 21.0. The largest absolute Gasteiger partial charge is 0.497 e. The maximum atomic E-state index is 13.3. The average Bonchev–Trinajstić information content (AvgIpc) is 2.97. The second-order valence-corrected chi connectivity index (χ2v) is 8.59. The van der Waals surface area contributed by atoms with E-state index >= 15 is 0 Å². The fourth-order valence-electron chi connectivity index (χ4n) is 4.41. The van der Waals surface area contributed by atoms with Crippen molar-refractivity contribution in [2.75, 3.05) is 45.3 Å². The molecular formula is C27H26N6O5. The van der Waals surface area contributed by atoms with Crippen LogP contribution in [0.5, 0.6) is 11.5 Å². The number of aromatic amines is 1. The van der Waals surface area contributed by atoms with Gasteiger partial charge in [-0.3, -0.25) is 9.59 Å². The first kappa shape index (κ1) is 24.8. The molecule has 1 N–H and O–H groups in total. The quantitative estimate of drug-likeness (QED) is 0.414. The summed E-state index contributed by atoms with van der Waals surface area (Å²) in [7, 11) is 3.07. The molecule has 194 valence electrons. The number of rotatable bonds is 6. The minimum absolute atomic E-state index is 0.118. The molecule has 11 nitrogen and oxygen atoms in total. The van der Waals surface area contributed by atoms with E-state index in [2.05, 4.69) is 19.9 Å². The Kier molecular flexibility index (Phi) is 6.90. The highest BCUT2D eigenvalue weighted by Gasteiger charge is 2.26. The van der Waals surface area contributed by atoms with Gasteiger partial charge in [0.2, 0.25) is 0 Å². The molecule has 38 heavy (non-hydrogen) atoms. The van der Waals surface area contributed by atoms with Crippen LogP contribution in [0.2, 0.25) is 0 Å². The number of aromatic nitrogens is 4. The van der Waals surface area contributed by atoms with Gasteiger partial charge in [0.25, 0.3) is 11.5 Å². The van der Waals surface area contributed by atoms with E-state index in [0.717, 1.165) is 27.4 Å². The molecule has 0 atom stereocenters. The Morgan fingerprint density at radius 1 is 0.921 bits per heavy atom. The fourth-order valence-corrected chi connectivity index (χ4v) is 4.41. The Balaban J connectivity index is 1.33. The van der Waals surface area contributed by atoms with Crippen LogP contribution in [0.25, 0.3) is 16.9 Å². The minimum Gasteiger partial charge on any atom is -0.497 e. The molecule has 1 fully saturated rings. The van der Waals surface area contributed by atoms with E-state index in [1.54, 1.807) is 36.3 Å². The van der Waals surface area contributed by atoms with E-state index in [1.807, 2.05) is 30.3 Å². The summed E-state index contributed by atoms with van der Waals surface area (Å²) < 4.78 is 11.4. The minimum atomic E-state index is -0.703. The normalized spacial score (nSPS) is 13.3. The highest BCUT2D eigenvalue weighted by Crippen LogP contribution is 2.24. The first-order valence-electron chi connectivity index (χ1n) is 12.0. The van der Waals surface area contributed by atoms with Crippen molar-refractivity contribution in [2.24, 2.45) is 0 Å². The van der Waals surface area contributed by atoms with Gasteiger partial charge in [0.1, 0.15) is 29.2 Å². The summed E-state index contributed by atoms with van der Waals surface area (Å²) in [6.45, 7) is 1.81. The van der Waals surface area contributed by atoms with Gasteiger partial charge in [-0.1, -0.05) is 12.1 Å². The van der Waals surface area contributed by atoms with Crippen LogP contribution in [0.3, 0.4) is 0 Å². The van der Waals surface area contributed by atoms with Crippen LogP contribution in [0, 0.1) is 0 Å². The number of nitrogens with zero attached hydrogens (tertiary/aromatic N) is 5. The maximum absolute atomic E-state index is 13.3. The summed E-state index contributed by atoms with van der Waals surface area (Å²) in [5.74, 6) is 1.41. The monoisotopic (exact) mass is 514 g/mol. The number of anilines is 1. The van der Waals surface area contributed by atoms with Gasteiger partial charge in [0.15, 0.2) is 0 Å². The third-order valence-corrected chi connectivity index (χ3v) is 6.46. The van der Waals surface area contributed by atoms with Gasteiger partial charge in [0.05, 0.1) is 25.6 Å². The summed E-state index contributed by atoms with van der Waals surface area (Å²) in [5.41, 5.74) is 0.502. The van der Waals surface area contributed by atoms with E-state index in [4.69, 9.17) is 9.47 Å². The third-order valence-electron chi connectivity index (χ3n) is 6.46. The zero-order chi connectivity index (χ0) is 26.6. The topological polar surface area (TPSA) is 123 Å². The molecule has 0 saturated carbocycles. The van der Waals surface area contributed by atoms with Crippen LogP contribution in [0.1, 0.15) is 10.4 Å². The number of carbonyl (C=O) groups excluding carboxylic acids is 1. The molecule has 0 spiro atoms. The maximum Gasteiger partial charge on any atom is 0.333 e. The van der Waals surface area contributed by atoms with E-state index in [-0.39, 0.29) is 11.3 Å². The third kappa shape index (κ3) is 4.73. The number of H-pyrrole nitrogens is 1. The van der Waals surface area contributed by atoms with Crippen molar-refractivity contribution < 1.29 is 14.3 Å². The van der Waals surface area contributed by atoms with Gasteiger partial charge in [-0.15, -0.1) is 0 Å². The molecule has 0 aliphatic carbocycles. The molecule has 3 heterocycles. The van der Waals surface area contributed by atoms with Crippen LogP contribution in [0.4, 0.5) is 5.82 Å². The van der Waals surface area contributed by atoms with Crippen molar-refractivity contribution in [3.63, 3.8) is 0 Å². The van der Waals surface area contributed by atoms with Crippen LogP contribution < -0.4 is 25.6 Å². The molecule has 11 heteroatoms. The first-order valence-corrected chi connectivity index (χ1v) is 12.0. The standard InChI is InChI=1S/C27H26N6O5/c1-37-19-9-7-18(8-10-19)21-15-24(30-17-29-21)31-11-13-32(14-12-31)25(34)20-16-28-27(36)33(26(20)35)22-5-3-4-6-23(22)38-2/h3-10,15-17H,11-14H2,1-2H3,(H,28,36). The van der Waals surface area contributed by atoms with Crippen molar-refractivity contribution in [2.45, 2.75) is 0 Å². The fraction of sp³-hybridized carbons (Fsp3) is 0.222. The molecule has 4 aromatic rings. The van der Waals surface area contributed by atoms with Crippen molar-refractivity contribution in [1.82, 2.24) is 24.4 Å². The van der Waals surface area contributed by atoms with E-state index in [9.17, 15) is 14.4 Å². The first-order chi connectivity index (χ1) is 18.5. The lowest BCUT2D eigenvalue weighted by molar-refractivity contribution is 0.0743. The molecule has 1 aliphatic rings. The van der Waals surface area contributed by atoms with Gasteiger partial charge < -0.3 is 24.3 Å². The SMILES string of the molecule is COc1ccc(-c2cc(N3CCN(C(=O)c4c[nH]c(=O)n(-c5ccccc5OC)c4=O)CC3)ncn2)cc1. The number of benzene rings is 2.